The van der Waals surface area contributed by atoms with E-state index in [4.69, 9.17) is 5.53 Å². The number of hydrogen-bond acceptors (Lipinski definition) is 3. The molecule has 3 rings (SSSR count). The Kier molecular flexibility index (Phi) is 4.60. The minimum Gasteiger partial charge on any atom is -0.206 e. The fraction of sp³-hybridized carbons (Fsp3) is 0. The molecular weight excluding hydrogens is 305 g/mol. The van der Waals surface area contributed by atoms with Gasteiger partial charge < -0.3 is 0 Å². The zero-order valence-electron chi connectivity index (χ0n) is 12.5. The average molecular weight is 317 g/mol. The molecule has 5 nitrogen and oxygen atoms in total. The highest BCUT2D eigenvalue weighted by atomic mass is 19.1. The van der Waals surface area contributed by atoms with Crippen LogP contribution in [0.15, 0.2) is 88.1 Å². The summed E-state index contributed by atoms with van der Waals surface area (Å²) < 4.78 is 14.3. The number of halogens is 1. The highest BCUT2D eigenvalue weighted by molar-refractivity contribution is 5.83. The molecule has 0 saturated carbocycles. The van der Waals surface area contributed by atoms with E-state index in [0.717, 1.165) is 0 Å². The number of azo groups is 1. The molecule has 0 N–H and O–H groups in total. The van der Waals surface area contributed by atoms with Crippen molar-refractivity contribution in [2.75, 3.05) is 0 Å². The van der Waals surface area contributed by atoms with Crippen molar-refractivity contribution in [1.82, 2.24) is 0 Å². The van der Waals surface area contributed by atoms with Crippen molar-refractivity contribution in [3.8, 4) is 11.1 Å². The first-order valence-electron chi connectivity index (χ1n) is 7.19. The van der Waals surface area contributed by atoms with Gasteiger partial charge in [0.2, 0.25) is 0 Å². The molecule has 6 heteroatoms. The van der Waals surface area contributed by atoms with Crippen molar-refractivity contribution >= 4 is 17.1 Å². The van der Waals surface area contributed by atoms with E-state index in [9.17, 15) is 4.39 Å². The zero-order chi connectivity index (χ0) is 16.8. The van der Waals surface area contributed by atoms with Crippen LogP contribution in [0.4, 0.5) is 21.5 Å². The lowest BCUT2D eigenvalue weighted by atomic mass is 10.0. The van der Waals surface area contributed by atoms with Crippen LogP contribution in [0.5, 0.6) is 0 Å². The van der Waals surface area contributed by atoms with E-state index in [-0.39, 0.29) is 11.3 Å². The molecule has 0 radical (unpaired) electrons. The smallest absolute Gasteiger partial charge is 0.131 e. The van der Waals surface area contributed by atoms with Gasteiger partial charge in [0.25, 0.3) is 0 Å². The van der Waals surface area contributed by atoms with Gasteiger partial charge in [-0.15, -0.1) is 0 Å². The molecule has 0 aliphatic heterocycles. The third-order valence-electron chi connectivity index (χ3n) is 3.34. The molecule has 0 aliphatic rings. The number of azide groups is 1. The van der Waals surface area contributed by atoms with Crippen LogP contribution in [-0.4, -0.2) is 0 Å². The number of benzene rings is 3. The Morgan fingerprint density at radius 1 is 0.792 bits per heavy atom. The van der Waals surface area contributed by atoms with E-state index in [1.807, 2.05) is 24.3 Å². The maximum Gasteiger partial charge on any atom is 0.131 e. The van der Waals surface area contributed by atoms with Crippen LogP contribution in [0.2, 0.25) is 0 Å². The molecule has 0 spiro atoms. The minimum atomic E-state index is -0.484. The molecule has 0 amide bonds. The number of nitrogens with zero attached hydrogens (tertiary/aromatic N) is 5. The predicted molar refractivity (Wildman–Crippen MR) is 91.3 cm³/mol. The zero-order valence-corrected chi connectivity index (χ0v) is 12.5. The van der Waals surface area contributed by atoms with Gasteiger partial charge in [-0.25, -0.2) is 4.39 Å². The second-order valence-electron chi connectivity index (χ2n) is 4.88. The number of hydrogen-bond donors (Lipinski definition) is 0. The first-order chi connectivity index (χ1) is 11.8. The van der Waals surface area contributed by atoms with Gasteiger partial charge in [-0.1, -0.05) is 53.6 Å². The van der Waals surface area contributed by atoms with Gasteiger partial charge in [-0.3, -0.25) is 0 Å². The van der Waals surface area contributed by atoms with Gasteiger partial charge in [-0.2, -0.15) is 10.2 Å². The van der Waals surface area contributed by atoms with E-state index >= 15 is 0 Å². The Bertz CT molecular complexity index is 917. The fourth-order valence-corrected chi connectivity index (χ4v) is 2.27. The van der Waals surface area contributed by atoms with Gasteiger partial charge in [0.05, 0.1) is 17.1 Å². The van der Waals surface area contributed by atoms with Crippen molar-refractivity contribution in [2.24, 2.45) is 15.3 Å². The van der Waals surface area contributed by atoms with Crippen LogP contribution < -0.4 is 0 Å². The van der Waals surface area contributed by atoms with Crippen LogP contribution in [0.1, 0.15) is 0 Å². The summed E-state index contributed by atoms with van der Waals surface area (Å²) in [6.45, 7) is 0. The average Bonchev–Trinajstić information content (AvgIpc) is 2.63. The van der Waals surface area contributed by atoms with Crippen LogP contribution in [0.25, 0.3) is 21.6 Å². The molecule has 24 heavy (non-hydrogen) atoms. The molecule has 0 aromatic heterocycles. The molecule has 0 saturated heterocycles. The first kappa shape index (κ1) is 15.4. The van der Waals surface area contributed by atoms with Crippen LogP contribution >= 0.6 is 0 Å². The molecule has 0 heterocycles. The molecule has 0 aliphatic carbocycles. The molecule has 0 unspecified atom stereocenters. The number of rotatable bonds is 4. The molecule has 0 fully saturated rings. The van der Waals surface area contributed by atoms with Gasteiger partial charge in [0.1, 0.15) is 5.82 Å². The monoisotopic (exact) mass is 317 g/mol. The summed E-state index contributed by atoms with van der Waals surface area (Å²) in [5.74, 6) is -0.484. The second-order valence-corrected chi connectivity index (χ2v) is 4.88. The maximum atomic E-state index is 14.3. The van der Waals surface area contributed by atoms with E-state index in [1.165, 1.54) is 12.1 Å². The lowest BCUT2D eigenvalue weighted by molar-refractivity contribution is 0.631. The Hall–Kier alpha value is -3.50. The first-order valence-corrected chi connectivity index (χ1v) is 7.19. The molecule has 116 valence electrons. The second kappa shape index (κ2) is 7.17. The summed E-state index contributed by atoms with van der Waals surface area (Å²) in [6.07, 6.45) is 0. The summed E-state index contributed by atoms with van der Waals surface area (Å²) in [5.41, 5.74) is 10.7. The lowest BCUT2D eigenvalue weighted by Gasteiger charge is -2.09. The lowest BCUT2D eigenvalue weighted by Crippen LogP contribution is -1.85. The van der Waals surface area contributed by atoms with Crippen molar-refractivity contribution in [3.05, 3.63) is 89.1 Å². The van der Waals surface area contributed by atoms with Crippen molar-refractivity contribution in [1.29, 1.82) is 0 Å². The topological polar surface area (TPSA) is 73.5 Å². The largest absolute Gasteiger partial charge is 0.206 e. The molecule has 0 bridgehead atoms. The third-order valence-corrected chi connectivity index (χ3v) is 3.34. The Morgan fingerprint density at radius 3 is 2.12 bits per heavy atom. The van der Waals surface area contributed by atoms with Gasteiger partial charge in [-0.05, 0) is 35.4 Å². The van der Waals surface area contributed by atoms with E-state index in [1.54, 1.807) is 36.4 Å². The molecule has 3 aromatic carbocycles. The van der Waals surface area contributed by atoms with Crippen LogP contribution in [-0.2, 0) is 0 Å². The van der Waals surface area contributed by atoms with E-state index < -0.39 is 5.82 Å². The predicted octanol–water partition coefficient (Wildman–Crippen LogP) is 6.85. The van der Waals surface area contributed by atoms with Gasteiger partial charge in [0, 0.05) is 10.5 Å². The standard InChI is InChI=1S/C18H12FN5/c19-15-11-12-16(22-21-14-9-5-2-6-10-14)18(23-24-20)17(15)13-7-3-1-4-8-13/h1-12H. The SMILES string of the molecule is [N-]=[N+]=Nc1c(N=Nc2ccccc2)ccc(F)c1-c1ccccc1. The Labute approximate surface area is 137 Å². The summed E-state index contributed by atoms with van der Waals surface area (Å²) in [6, 6.07) is 20.7. The molecule has 0 atom stereocenters. The summed E-state index contributed by atoms with van der Waals surface area (Å²) in [7, 11) is 0. The van der Waals surface area contributed by atoms with E-state index in [2.05, 4.69) is 20.3 Å². The fourth-order valence-electron chi connectivity index (χ4n) is 2.27. The van der Waals surface area contributed by atoms with Crippen LogP contribution in [0.3, 0.4) is 0 Å². The van der Waals surface area contributed by atoms with Crippen molar-refractivity contribution < 1.29 is 4.39 Å². The van der Waals surface area contributed by atoms with E-state index in [0.29, 0.717) is 16.9 Å². The Morgan fingerprint density at radius 2 is 1.46 bits per heavy atom. The molecular formula is C18H12FN5. The summed E-state index contributed by atoms with van der Waals surface area (Å²) >= 11 is 0. The van der Waals surface area contributed by atoms with Crippen LogP contribution in [0, 0.1) is 5.82 Å². The Balaban J connectivity index is 2.14. The van der Waals surface area contributed by atoms with Gasteiger partial charge in [0.15, 0.2) is 0 Å². The van der Waals surface area contributed by atoms with Crippen molar-refractivity contribution in [3.63, 3.8) is 0 Å². The minimum absolute atomic E-state index is 0.114. The molecule has 3 aromatic rings. The maximum absolute atomic E-state index is 14.3. The quantitative estimate of drug-likeness (QED) is 0.287. The third kappa shape index (κ3) is 3.29. The normalized spacial score (nSPS) is 10.5. The summed E-state index contributed by atoms with van der Waals surface area (Å²) in [4.78, 5) is 2.81. The highest BCUT2D eigenvalue weighted by Crippen LogP contribution is 2.41. The van der Waals surface area contributed by atoms with Crippen molar-refractivity contribution in [2.45, 2.75) is 0 Å². The van der Waals surface area contributed by atoms with Gasteiger partial charge >= 0.3 is 0 Å². The highest BCUT2D eigenvalue weighted by Gasteiger charge is 2.14. The summed E-state index contributed by atoms with van der Waals surface area (Å²) in [5, 5.41) is 11.9.